The highest BCUT2D eigenvalue weighted by Gasteiger charge is 2.23. The van der Waals surface area contributed by atoms with Gasteiger partial charge in [-0.05, 0) is 37.1 Å². The lowest BCUT2D eigenvalue weighted by Crippen LogP contribution is -2.30. The number of hydrogen-bond acceptors (Lipinski definition) is 4. The molecule has 8 heteroatoms. The Morgan fingerprint density at radius 2 is 1.71 bits per heavy atom. The van der Waals surface area contributed by atoms with E-state index in [2.05, 4.69) is 23.6 Å². The van der Waals surface area contributed by atoms with Crippen LogP contribution in [0.4, 0.5) is 0 Å². The normalized spacial score (nSPS) is 11.9. The Bertz CT molecular complexity index is 1230. The summed E-state index contributed by atoms with van der Waals surface area (Å²) in [5.74, 6) is 0.867. The number of aryl methyl sites for hydroxylation is 3. The molecule has 34 heavy (non-hydrogen) atoms. The molecule has 184 valence electrons. The van der Waals surface area contributed by atoms with Crippen LogP contribution in [0.5, 0.6) is 0 Å². The van der Waals surface area contributed by atoms with Gasteiger partial charge >= 0.3 is 0 Å². The van der Waals surface area contributed by atoms with Crippen molar-refractivity contribution in [3.63, 3.8) is 0 Å². The lowest BCUT2D eigenvalue weighted by atomic mass is 10.1. The first-order valence-corrected chi connectivity index (χ1v) is 13.4. The van der Waals surface area contributed by atoms with E-state index in [1.54, 1.807) is 17.0 Å². The molecule has 1 heterocycles. The third-order valence-corrected chi connectivity index (χ3v) is 8.16. The summed E-state index contributed by atoms with van der Waals surface area (Å²) in [6.45, 7) is 9.98. The zero-order valence-corrected chi connectivity index (χ0v) is 21.7. The standard InChI is InChI=1S/C26H36N4O3S/c1-6-17-30-24-14-13-22(34(32,33)29(7-2)8-3)18-23(24)27-25(30)15-16-26(31)28(5)19-21-11-9-20(4)10-12-21/h9-14,18H,6-8,15-17,19H2,1-5H3. The topological polar surface area (TPSA) is 75.5 Å². The summed E-state index contributed by atoms with van der Waals surface area (Å²) in [6.07, 6.45) is 1.77. The molecule has 7 nitrogen and oxygen atoms in total. The van der Waals surface area contributed by atoms with Gasteiger partial charge in [-0.1, -0.05) is 50.6 Å². The summed E-state index contributed by atoms with van der Waals surface area (Å²) < 4.78 is 29.5. The Morgan fingerprint density at radius 1 is 1.03 bits per heavy atom. The van der Waals surface area contributed by atoms with Crippen molar-refractivity contribution in [1.82, 2.24) is 18.8 Å². The van der Waals surface area contributed by atoms with Gasteiger partial charge in [0.1, 0.15) is 5.82 Å². The quantitative estimate of drug-likeness (QED) is 0.405. The maximum Gasteiger partial charge on any atom is 0.243 e. The van der Waals surface area contributed by atoms with Crippen LogP contribution in [0.15, 0.2) is 47.4 Å². The highest BCUT2D eigenvalue weighted by atomic mass is 32.2. The number of nitrogens with zero attached hydrogens (tertiary/aromatic N) is 4. The molecular formula is C26H36N4O3S. The van der Waals surface area contributed by atoms with Gasteiger partial charge in [0.25, 0.3) is 0 Å². The van der Waals surface area contributed by atoms with Crippen LogP contribution in [0.2, 0.25) is 0 Å². The first kappa shape index (κ1) is 25.9. The number of aromatic nitrogens is 2. The number of amides is 1. The molecule has 0 N–H and O–H groups in total. The summed E-state index contributed by atoms with van der Waals surface area (Å²) >= 11 is 0. The fraction of sp³-hybridized carbons (Fsp3) is 0.462. The minimum atomic E-state index is -3.55. The average molecular weight is 485 g/mol. The van der Waals surface area contributed by atoms with Crippen LogP contribution in [0.25, 0.3) is 11.0 Å². The molecule has 0 atom stereocenters. The van der Waals surface area contributed by atoms with E-state index in [1.165, 1.54) is 9.87 Å². The van der Waals surface area contributed by atoms with Crippen LogP contribution in [-0.4, -0.2) is 53.2 Å². The van der Waals surface area contributed by atoms with Gasteiger partial charge in [-0.2, -0.15) is 4.31 Å². The van der Waals surface area contributed by atoms with Gasteiger partial charge in [0, 0.05) is 46.1 Å². The van der Waals surface area contributed by atoms with E-state index in [9.17, 15) is 13.2 Å². The highest BCUT2D eigenvalue weighted by Crippen LogP contribution is 2.24. The Labute approximate surface area is 203 Å². The molecule has 0 aliphatic heterocycles. The predicted octanol–water partition coefficient (Wildman–Crippen LogP) is 4.38. The predicted molar refractivity (Wildman–Crippen MR) is 136 cm³/mol. The number of imidazole rings is 1. The van der Waals surface area contributed by atoms with Gasteiger partial charge in [-0.3, -0.25) is 4.79 Å². The molecule has 3 rings (SSSR count). The van der Waals surface area contributed by atoms with Crippen LogP contribution < -0.4 is 0 Å². The SMILES string of the molecule is CCCn1c(CCC(=O)N(C)Cc2ccc(C)cc2)nc2cc(S(=O)(=O)N(CC)CC)ccc21. The number of hydrogen-bond donors (Lipinski definition) is 0. The maximum absolute atomic E-state index is 13.0. The third-order valence-electron chi connectivity index (χ3n) is 6.12. The van der Waals surface area contributed by atoms with Crippen LogP contribution in [0.1, 0.15) is 50.6 Å². The summed E-state index contributed by atoms with van der Waals surface area (Å²) in [5.41, 5.74) is 3.84. The van der Waals surface area contributed by atoms with Crippen molar-refractivity contribution < 1.29 is 13.2 Å². The number of fused-ring (bicyclic) bond motifs is 1. The lowest BCUT2D eigenvalue weighted by molar-refractivity contribution is -0.130. The second kappa shape index (κ2) is 11.1. The summed E-state index contributed by atoms with van der Waals surface area (Å²) in [7, 11) is -1.73. The minimum Gasteiger partial charge on any atom is -0.341 e. The first-order valence-electron chi connectivity index (χ1n) is 12.0. The van der Waals surface area contributed by atoms with E-state index >= 15 is 0 Å². The smallest absolute Gasteiger partial charge is 0.243 e. The molecule has 0 radical (unpaired) electrons. The van der Waals surface area contributed by atoms with Crippen molar-refractivity contribution in [2.24, 2.45) is 0 Å². The second-order valence-electron chi connectivity index (χ2n) is 8.65. The largest absolute Gasteiger partial charge is 0.341 e. The van der Waals surface area contributed by atoms with E-state index in [4.69, 9.17) is 4.98 Å². The minimum absolute atomic E-state index is 0.0560. The van der Waals surface area contributed by atoms with Crippen molar-refractivity contribution in [2.45, 2.75) is 64.9 Å². The fourth-order valence-corrected chi connectivity index (χ4v) is 5.64. The van der Waals surface area contributed by atoms with Gasteiger partial charge in [-0.15, -0.1) is 0 Å². The second-order valence-corrected chi connectivity index (χ2v) is 10.6. The lowest BCUT2D eigenvalue weighted by Gasteiger charge is -2.18. The summed E-state index contributed by atoms with van der Waals surface area (Å²) in [4.78, 5) is 19.6. The Hall–Kier alpha value is -2.71. The number of carbonyl (C=O) groups is 1. The Morgan fingerprint density at radius 3 is 2.32 bits per heavy atom. The molecule has 2 aromatic carbocycles. The van der Waals surface area contributed by atoms with Gasteiger partial charge in [0.05, 0.1) is 15.9 Å². The van der Waals surface area contributed by atoms with E-state index in [-0.39, 0.29) is 10.8 Å². The van der Waals surface area contributed by atoms with E-state index < -0.39 is 10.0 Å². The first-order chi connectivity index (χ1) is 16.2. The van der Waals surface area contributed by atoms with Crippen LogP contribution in [-0.2, 0) is 34.3 Å². The number of sulfonamides is 1. The van der Waals surface area contributed by atoms with Crippen molar-refractivity contribution in [2.75, 3.05) is 20.1 Å². The molecule has 0 bridgehead atoms. The highest BCUT2D eigenvalue weighted by molar-refractivity contribution is 7.89. The van der Waals surface area contributed by atoms with Crippen molar-refractivity contribution in [3.8, 4) is 0 Å². The molecule has 1 amide bonds. The van der Waals surface area contributed by atoms with Gasteiger partial charge in [-0.25, -0.2) is 13.4 Å². The molecular weight excluding hydrogens is 448 g/mol. The number of carbonyl (C=O) groups excluding carboxylic acids is 1. The molecule has 0 fully saturated rings. The molecule has 0 saturated carbocycles. The fourth-order valence-electron chi connectivity index (χ4n) is 4.16. The molecule has 3 aromatic rings. The van der Waals surface area contributed by atoms with Crippen LogP contribution >= 0.6 is 0 Å². The number of rotatable bonds is 11. The van der Waals surface area contributed by atoms with E-state index in [0.717, 1.165) is 29.9 Å². The molecule has 0 aliphatic carbocycles. The maximum atomic E-state index is 13.0. The van der Waals surface area contributed by atoms with Crippen molar-refractivity contribution in [1.29, 1.82) is 0 Å². The molecule has 0 unspecified atom stereocenters. The zero-order valence-electron chi connectivity index (χ0n) is 20.9. The summed E-state index contributed by atoms with van der Waals surface area (Å²) in [6, 6.07) is 13.3. The Balaban J connectivity index is 1.80. The molecule has 1 aromatic heterocycles. The van der Waals surface area contributed by atoms with E-state index in [0.29, 0.717) is 38.0 Å². The molecule has 0 saturated heterocycles. The zero-order chi connectivity index (χ0) is 24.9. The Kier molecular flexibility index (Phi) is 8.49. The summed E-state index contributed by atoms with van der Waals surface area (Å²) in [5, 5.41) is 0. The van der Waals surface area contributed by atoms with Crippen LogP contribution in [0.3, 0.4) is 0 Å². The third kappa shape index (κ3) is 5.67. The van der Waals surface area contributed by atoms with Crippen LogP contribution in [0, 0.1) is 6.92 Å². The monoisotopic (exact) mass is 484 g/mol. The van der Waals surface area contributed by atoms with Crippen molar-refractivity contribution >= 4 is 27.0 Å². The van der Waals surface area contributed by atoms with Gasteiger partial charge < -0.3 is 9.47 Å². The number of benzene rings is 2. The molecule has 0 spiro atoms. The average Bonchev–Trinajstić information content (AvgIpc) is 3.16. The van der Waals surface area contributed by atoms with Gasteiger partial charge in [0.2, 0.25) is 15.9 Å². The van der Waals surface area contributed by atoms with E-state index in [1.807, 2.05) is 46.0 Å². The van der Waals surface area contributed by atoms with Gasteiger partial charge in [0.15, 0.2) is 0 Å². The molecule has 0 aliphatic rings. The van der Waals surface area contributed by atoms with Crippen molar-refractivity contribution in [3.05, 3.63) is 59.4 Å².